The second-order valence-corrected chi connectivity index (χ2v) is 6.51. The van der Waals surface area contributed by atoms with E-state index < -0.39 is 0 Å². The molecule has 0 spiro atoms. The van der Waals surface area contributed by atoms with E-state index in [1.807, 2.05) is 19.9 Å². The van der Waals surface area contributed by atoms with Crippen LogP contribution in [0, 0.1) is 5.82 Å². The number of carbonyl (C=O) groups is 1. The molecule has 0 bridgehead atoms. The smallest absolute Gasteiger partial charge is 0.279 e. The molecule has 25 heavy (non-hydrogen) atoms. The lowest BCUT2D eigenvalue weighted by Gasteiger charge is -2.04. The fraction of sp³-hybridized carbons (Fsp3) is 0.263. The molecule has 0 N–H and O–H groups in total. The molecule has 6 heteroatoms. The normalized spacial score (nSPS) is 11.9. The summed E-state index contributed by atoms with van der Waals surface area (Å²) in [4.78, 5) is 17.2. The molecule has 0 saturated carbocycles. The summed E-state index contributed by atoms with van der Waals surface area (Å²) in [5, 5.41) is 0. The molecule has 0 aliphatic carbocycles. The number of fused-ring (bicyclic) bond motifs is 1. The maximum Gasteiger partial charge on any atom is 0.279 e. The van der Waals surface area contributed by atoms with Crippen LogP contribution in [-0.2, 0) is 6.54 Å². The second-order valence-electron chi connectivity index (χ2n) is 5.50. The van der Waals surface area contributed by atoms with Gasteiger partial charge in [0.05, 0.1) is 16.8 Å². The lowest BCUT2D eigenvalue weighted by atomic mass is 10.2. The zero-order valence-electron chi connectivity index (χ0n) is 14.2. The van der Waals surface area contributed by atoms with Crippen LogP contribution < -0.4 is 9.54 Å². The number of amides is 1. The van der Waals surface area contributed by atoms with Crippen LogP contribution in [0.5, 0.6) is 5.75 Å². The highest BCUT2D eigenvalue weighted by molar-refractivity contribution is 7.16. The first-order chi connectivity index (χ1) is 12.1. The Morgan fingerprint density at radius 1 is 1.20 bits per heavy atom. The molecular formula is C19H19FN2O2S. The standard InChI is InChI=1S/C19H19FN2O2S/c1-3-12-22-17-15(20)6-5-7-16(17)25-19(22)21-18(23)13-8-10-14(11-9-13)24-4-2/h5-11H,3-4,12H2,1-2H3. The molecule has 0 fully saturated rings. The van der Waals surface area contributed by atoms with Gasteiger partial charge in [-0.15, -0.1) is 0 Å². The van der Waals surface area contributed by atoms with Crippen molar-refractivity contribution in [3.05, 3.63) is 58.6 Å². The summed E-state index contributed by atoms with van der Waals surface area (Å²) in [7, 11) is 0. The Morgan fingerprint density at radius 3 is 2.64 bits per heavy atom. The van der Waals surface area contributed by atoms with Gasteiger partial charge < -0.3 is 9.30 Å². The molecule has 0 radical (unpaired) electrons. The molecule has 1 heterocycles. The van der Waals surface area contributed by atoms with E-state index in [2.05, 4.69) is 4.99 Å². The minimum absolute atomic E-state index is 0.294. The van der Waals surface area contributed by atoms with Crippen molar-refractivity contribution in [2.24, 2.45) is 4.99 Å². The number of para-hydroxylation sites is 1. The number of hydrogen-bond acceptors (Lipinski definition) is 3. The summed E-state index contributed by atoms with van der Waals surface area (Å²) < 4.78 is 22.1. The van der Waals surface area contributed by atoms with Gasteiger partial charge in [0.15, 0.2) is 4.80 Å². The van der Waals surface area contributed by atoms with E-state index in [0.717, 1.165) is 11.1 Å². The van der Waals surface area contributed by atoms with Gasteiger partial charge in [0, 0.05) is 12.1 Å². The summed E-state index contributed by atoms with van der Waals surface area (Å²) in [6.45, 7) is 5.09. The van der Waals surface area contributed by atoms with Gasteiger partial charge in [-0.25, -0.2) is 4.39 Å². The molecule has 2 aromatic carbocycles. The van der Waals surface area contributed by atoms with E-state index in [-0.39, 0.29) is 11.7 Å². The van der Waals surface area contributed by atoms with Gasteiger partial charge in [-0.1, -0.05) is 24.3 Å². The fourth-order valence-corrected chi connectivity index (χ4v) is 3.68. The third-order valence-electron chi connectivity index (χ3n) is 3.71. The first-order valence-electron chi connectivity index (χ1n) is 8.23. The molecule has 1 aromatic heterocycles. The summed E-state index contributed by atoms with van der Waals surface area (Å²) in [5.41, 5.74) is 0.983. The van der Waals surface area contributed by atoms with Gasteiger partial charge in [0.25, 0.3) is 5.91 Å². The van der Waals surface area contributed by atoms with E-state index in [1.165, 1.54) is 17.4 Å². The molecule has 0 unspecified atom stereocenters. The number of carbonyl (C=O) groups excluding carboxylic acids is 1. The van der Waals surface area contributed by atoms with E-state index in [0.29, 0.717) is 34.8 Å². The Kier molecular flexibility index (Phi) is 5.28. The fourth-order valence-electron chi connectivity index (χ4n) is 2.61. The Morgan fingerprint density at radius 2 is 1.96 bits per heavy atom. The van der Waals surface area contributed by atoms with Gasteiger partial charge in [-0.2, -0.15) is 4.99 Å². The molecule has 1 amide bonds. The predicted molar refractivity (Wildman–Crippen MR) is 97.6 cm³/mol. The molecule has 130 valence electrons. The summed E-state index contributed by atoms with van der Waals surface area (Å²) in [5.74, 6) is 0.0704. The quantitative estimate of drug-likeness (QED) is 0.679. The van der Waals surface area contributed by atoms with Gasteiger partial charge in [-0.3, -0.25) is 4.79 Å². The zero-order chi connectivity index (χ0) is 17.8. The third-order valence-corrected chi connectivity index (χ3v) is 4.75. The van der Waals surface area contributed by atoms with Crippen LogP contribution in [0.2, 0.25) is 0 Å². The average molecular weight is 358 g/mol. The Hall–Kier alpha value is -2.47. The summed E-state index contributed by atoms with van der Waals surface area (Å²) in [6.07, 6.45) is 0.824. The number of aryl methyl sites for hydroxylation is 1. The van der Waals surface area contributed by atoms with E-state index >= 15 is 0 Å². The minimum atomic E-state index is -0.347. The number of halogens is 1. The van der Waals surface area contributed by atoms with Crippen LogP contribution in [0.1, 0.15) is 30.6 Å². The van der Waals surface area contributed by atoms with Crippen molar-refractivity contribution in [3.8, 4) is 5.75 Å². The van der Waals surface area contributed by atoms with Crippen molar-refractivity contribution in [2.75, 3.05) is 6.61 Å². The van der Waals surface area contributed by atoms with Gasteiger partial charge in [-0.05, 0) is 49.7 Å². The van der Waals surface area contributed by atoms with Gasteiger partial charge >= 0.3 is 0 Å². The maximum absolute atomic E-state index is 14.2. The van der Waals surface area contributed by atoms with E-state index in [9.17, 15) is 9.18 Å². The zero-order valence-corrected chi connectivity index (χ0v) is 15.0. The predicted octanol–water partition coefficient (Wildman–Crippen LogP) is 4.39. The lowest BCUT2D eigenvalue weighted by Crippen LogP contribution is -2.17. The van der Waals surface area contributed by atoms with Crippen LogP contribution in [0.15, 0.2) is 47.5 Å². The highest BCUT2D eigenvalue weighted by Crippen LogP contribution is 2.21. The number of hydrogen-bond donors (Lipinski definition) is 0. The molecule has 0 aliphatic rings. The van der Waals surface area contributed by atoms with Gasteiger partial charge in [0.1, 0.15) is 11.6 Å². The van der Waals surface area contributed by atoms with Crippen LogP contribution in [0.3, 0.4) is 0 Å². The second kappa shape index (κ2) is 7.61. The van der Waals surface area contributed by atoms with E-state index in [4.69, 9.17) is 4.74 Å². The number of aromatic nitrogens is 1. The molecule has 0 atom stereocenters. The molecule has 0 saturated heterocycles. The maximum atomic E-state index is 14.2. The van der Waals surface area contributed by atoms with Crippen molar-refractivity contribution in [1.29, 1.82) is 0 Å². The largest absolute Gasteiger partial charge is 0.494 e. The minimum Gasteiger partial charge on any atom is -0.494 e. The summed E-state index contributed by atoms with van der Waals surface area (Å²) >= 11 is 1.32. The number of benzene rings is 2. The Bertz CT molecular complexity index is 958. The highest BCUT2D eigenvalue weighted by atomic mass is 32.1. The number of thiazole rings is 1. The van der Waals surface area contributed by atoms with Crippen LogP contribution in [-0.4, -0.2) is 17.1 Å². The number of nitrogens with zero attached hydrogens (tertiary/aromatic N) is 2. The Labute approximate surface area is 149 Å². The van der Waals surface area contributed by atoms with Crippen molar-refractivity contribution >= 4 is 27.5 Å². The topological polar surface area (TPSA) is 43.6 Å². The molecule has 3 rings (SSSR count). The molecule has 4 nitrogen and oxygen atoms in total. The number of ether oxygens (including phenoxy) is 1. The highest BCUT2D eigenvalue weighted by Gasteiger charge is 2.12. The van der Waals surface area contributed by atoms with Crippen LogP contribution in [0.25, 0.3) is 10.2 Å². The van der Waals surface area contributed by atoms with Crippen LogP contribution in [0.4, 0.5) is 4.39 Å². The lowest BCUT2D eigenvalue weighted by molar-refractivity contribution is 0.0997. The van der Waals surface area contributed by atoms with E-state index in [1.54, 1.807) is 34.9 Å². The Balaban J connectivity index is 2.03. The van der Waals surface area contributed by atoms with Gasteiger partial charge in [0.2, 0.25) is 0 Å². The average Bonchev–Trinajstić information content (AvgIpc) is 2.95. The first kappa shape index (κ1) is 17.4. The van der Waals surface area contributed by atoms with Crippen molar-refractivity contribution in [3.63, 3.8) is 0 Å². The molecule has 3 aromatic rings. The first-order valence-corrected chi connectivity index (χ1v) is 9.05. The van der Waals surface area contributed by atoms with Crippen LogP contribution >= 0.6 is 11.3 Å². The molecule has 0 aliphatic heterocycles. The van der Waals surface area contributed by atoms with Crippen molar-refractivity contribution in [2.45, 2.75) is 26.8 Å². The molecular weight excluding hydrogens is 339 g/mol. The number of rotatable bonds is 5. The van der Waals surface area contributed by atoms with Crippen molar-refractivity contribution < 1.29 is 13.9 Å². The summed E-state index contributed by atoms with van der Waals surface area (Å²) in [6, 6.07) is 11.8. The monoisotopic (exact) mass is 358 g/mol. The third kappa shape index (κ3) is 3.64. The SMILES string of the molecule is CCCn1c(=NC(=O)c2ccc(OCC)cc2)sc2cccc(F)c21. The van der Waals surface area contributed by atoms with Crippen molar-refractivity contribution in [1.82, 2.24) is 4.57 Å².